The molecule has 0 aromatic heterocycles. The first kappa shape index (κ1) is 25.8. The van der Waals surface area contributed by atoms with Gasteiger partial charge in [0, 0.05) is 13.0 Å². The van der Waals surface area contributed by atoms with E-state index < -0.39 is 38.8 Å². The van der Waals surface area contributed by atoms with Crippen molar-refractivity contribution in [3.63, 3.8) is 0 Å². The number of sulfone groups is 1. The van der Waals surface area contributed by atoms with E-state index in [1.807, 2.05) is 6.92 Å². The monoisotopic (exact) mass is 484 g/mol. The van der Waals surface area contributed by atoms with E-state index in [0.29, 0.717) is 19.3 Å². The van der Waals surface area contributed by atoms with Crippen molar-refractivity contribution in [2.24, 2.45) is 0 Å². The van der Waals surface area contributed by atoms with Crippen LogP contribution in [0.15, 0.2) is 47.4 Å². The Balaban J connectivity index is 2.41. The fourth-order valence-electron chi connectivity index (χ4n) is 4.92. The minimum Gasteiger partial charge on any atom is -0.341 e. The summed E-state index contributed by atoms with van der Waals surface area (Å²) in [7, 11) is -4.77. The number of hydrogen-bond donors (Lipinski definition) is 0. The standard InChI is InChI=1S/C25H31F3O4S/c1-4-6-7-14-19-23(33(29,30)21-15-10-8-11-16-21)20(3)22(17-12-9-13-18-22)32-24(23,31-5-2)25(26,27)28/h8,10-11,15-16H,3-7,9,12-13,17-18H2,1-2H3/t23-,24+/m1/s1. The van der Waals surface area contributed by atoms with Gasteiger partial charge in [-0.05, 0) is 43.9 Å². The second kappa shape index (κ2) is 9.44. The van der Waals surface area contributed by atoms with E-state index in [-0.39, 0.29) is 29.7 Å². The predicted octanol–water partition coefficient (Wildman–Crippen LogP) is 5.98. The highest BCUT2D eigenvalue weighted by Crippen LogP contribution is 2.63. The zero-order valence-electron chi connectivity index (χ0n) is 19.1. The Kier molecular flexibility index (Phi) is 7.38. The zero-order chi connectivity index (χ0) is 24.4. The minimum absolute atomic E-state index is 0.173. The van der Waals surface area contributed by atoms with Gasteiger partial charge in [-0.2, -0.15) is 13.2 Å². The average Bonchev–Trinajstić information content (AvgIpc) is 2.99. The van der Waals surface area contributed by atoms with Gasteiger partial charge in [-0.3, -0.25) is 0 Å². The molecule has 0 bridgehead atoms. The van der Waals surface area contributed by atoms with Gasteiger partial charge in [-0.1, -0.05) is 63.3 Å². The minimum atomic E-state index is -5.19. The smallest absolute Gasteiger partial charge is 0.341 e. The van der Waals surface area contributed by atoms with Crippen LogP contribution in [0.1, 0.15) is 65.2 Å². The van der Waals surface area contributed by atoms with Crippen molar-refractivity contribution < 1.29 is 31.1 Å². The van der Waals surface area contributed by atoms with Crippen molar-refractivity contribution in [2.45, 2.75) is 92.4 Å². The van der Waals surface area contributed by atoms with Crippen LogP contribution in [0.5, 0.6) is 0 Å². The van der Waals surface area contributed by atoms with E-state index in [1.165, 1.54) is 31.2 Å². The Hall–Kier alpha value is -1.82. The van der Waals surface area contributed by atoms with Gasteiger partial charge in [0.05, 0.1) is 10.5 Å². The molecule has 0 amide bonds. The average molecular weight is 485 g/mol. The molecule has 0 unspecified atom stereocenters. The summed E-state index contributed by atoms with van der Waals surface area (Å²) in [6.45, 7) is 6.88. The maximum atomic E-state index is 15.0. The molecule has 1 aliphatic heterocycles. The summed E-state index contributed by atoms with van der Waals surface area (Å²) in [4.78, 5) is -0.277. The van der Waals surface area contributed by atoms with Crippen LogP contribution < -0.4 is 0 Å². The van der Waals surface area contributed by atoms with E-state index in [0.717, 1.165) is 12.8 Å². The van der Waals surface area contributed by atoms with Gasteiger partial charge in [-0.25, -0.2) is 8.42 Å². The van der Waals surface area contributed by atoms with Crippen molar-refractivity contribution in [3.05, 3.63) is 42.5 Å². The molecular weight excluding hydrogens is 453 g/mol. The molecule has 182 valence electrons. The molecule has 3 rings (SSSR count). The van der Waals surface area contributed by atoms with Crippen LogP contribution in [0.3, 0.4) is 0 Å². The van der Waals surface area contributed by atoms with E-state index in [2.05, 4.69) is 18.4 Å². The van der Waals surface area contributed by atoms with Gasteiger partial charge < -0.3 is 9.47 Å². The van der Waals surface area contributed by atoms with E-state index in [9.17, 15) is 8.42 Å². The fourth-order valence-corrected chi connectivity index (χ4v) is 7.08. The molecule has 33 heavy (non-hydrogen) atoms. The van der Waals surface area contributed by atoms with Crippen LogP contribution in [-0.4, -0.2) is 37.3 Å². The molecule has 1 heterocycles. The summed E-state index contributed by atoms with van der Waals surface area (Å²) in [5.41, 5.74) is -1.65. The zero-order valence-corrected chi connectivity index (χ0v) is 19.9. The highest BCUT2D eigenvalue weighted by molar-refractivity contribution is 7.93. The molecule has 0 radical (unpaired) electrons. The number of ether oxygens (including phenoxy) is 2. The normalized spacial score (nSPS) is 27.4. The van der Waals surface area contributed by atoms with E-state index in [4.69, 9.17) is 9.47 Å². The van der Waals surface area contributed by atoms with Crippen LogP contribution in [0, 0.1) is 11.8 Å². The second-order valence-electron chi connectivity index (χ2n) is 8.59. The SMILES string of the molecule is C=C1C2(CCCCC2)O[C@](OCC)(C(F)(F)F)[C@]1(C#CCCCC)S(=O)(=O)c1ccccc1. The molecule has 2 fully saturated rings. The summed E-state index contributed by atoms with van der Waals surface area (Å²) >= 11 is 0. The van der Waals surface area contributed by atoms with Crippen LogP contribution in [0.4, 0.5) is 13.2 Å². The summed E-state index contributed by atoms with van der Waals surface area (Å²) in [6.07, 6.45) is -1.04. The molecule has 0 N–H and O–H groups in total. The molecule has 1 saturated carbocycles. The Morgan fingerprint density at radius 3 is 2.30 bits per heavy atom. The summed E-state index contributed by atoms with van der Waals surface area (Å²) < 4.78 is 81.7. The van der Waals surface area contributed by atoms with Crippen LogP contribution in [0.25, 0.3) is 0 Å². The van der Waals surface area contributed by atoms with Crippen LogP contribution >= 0.6 is 0 Å². The Morgan fingerprint density at radius 2 is 1.76 bits per heavy atom. The molecule has 1 aliphatic carbocycles. The number of unbranched alkanes of at least 4 members (excludes halogenated alkanes) is 2. The van der Waals surface area contributed by atoms with Gasteiger partial charge in [-0.15, -0.1) is 5.92 Å². The molecule has 2 atom stereocenters. The number of hydrogen-bond acceptors (Lipinski definition) is 4. The quantitative estimate of drug-likeness (QED) is 0.283. The highest BCUT2D eigenvalue weighted by Gasteiger charge is 2.83. The Bertz CT molecular complexity index is 1020. The van der Waals surface area contributed by atoms with Gasteiger partial charge in [0.1, 0.15) is 0 Å². The van der Waals surface area contributed by atoms with Crippen molar-refractivity contribution in [1.29, 1.82) is 0 Å². The van der Waals surface area contributed by atoms with Gasteiger partial charge in [0.2, 0.25) is 14.6 Å². The van der Waals surface area contributed by atoms with E-state index >= 15 is 13.2 Å². The van der Waals surface area contributed by atoms with Gasteiger partial charge in [0.15, 0.2) is 0 Å². The number of alkyl halides is 3. The van der Waals surface area contributed by atoms with Crippen molar-refractivity contribution in [3.8, 4) is 11.8 Å². The number of benzene rings is 1. The lowest BCUT2D eigenvalue weighted by atomic mass is 9.76. The molecule has 4 nitrogen and oxygen atoms in total. The largest absolute Gasteiger partial charge is 0.446 e. The first-order valence-corrected chi connectivity index (χ1v) is 12.9. The Morgan fingerprint density at radius 1 is 1.12 bits per heavy atom. The molecule has 1 saturated heterocycles. The number of halogens is 3. The van der Waals surface area contributed by atoms with Crippen molar-refractivity contribution in [1.82, 2.24) is 0 Å². The van der Waals surface area contributed by atoms with Gasteiger partial charge in [0.25, 0.3) is 0 Å². The lowest BCUT2D eigenvalue weighted by Gasteiger charge is -2.41. The summed E-state index contributed by atoms with van der Waals surface area (Å²) in [6, 6.07) is 7.08. The fraction of sp³-hybridized carbons (Fsp3) is 0.600. The molecule has 2 aliphatic rings. The topological polar surface area (TPSA) is 52.6 Å². The van der Waals surface area contributed by atoms with Crippen LogP contribution in [0.2, 0.25) is 0 Å². The first-order chi connectivity index (χ1) is 15.5. The lowest BCUT2D eigenvalue weighted by molar-refractivity contribution is -0.388. The number of rotatable bonds is 6. The second-order valence-corrected chi connectivity index (χ2v) is 10.7. The predicted molar refractivity (Wildman–Crippen MR) is 120 cm³/mol. The molecular formula is C25H31F3O4S. The van der Waals surface area contributed by atoms with Gasteiger partial charge >= 0.3 is 12.0 Å². The third-order valence-electron chi connectivity index (χ3n) is 6.54. The molecule has 8 heteroatoms. The third-order valence-corrected chi connectivity index (χ3v) is 8.85. The molecule has 1 spiro atoms. The van der Waals surface area contributed by atoms with Crippen LogP contribution in [-0.2, 0) is 19.3 Å². The third kappa shape index (κ3) is 3.92. The Labute approximate surface area is 194 Å². The van der Waals surface area contributed by atoms with E-state index in [1.54, 1.807) is 6.07 Å². The maximum Gasteiger partial charge on any atom is 0.446 e. The molecule has 1 aromatic carbocycles. The molecule has 1 aromatic rings. The van der Waals surface area contributed by atoms with Crippen molar-refractivity contribution in [2.75, 3.05) is 6.61 Å². The van der Waals surface area contributed by atoms with Crippen molar-refractivity contribution >= 4 is 9.84 Å². The summed E-state index contributed by atoms with van der Waals surface area (Å²) in [5.74, 6) is 1.81. The lowest BCUT2D eigenvalue weighted by Crippen LogP contribution is -2.65. The first-order valence-electron chi connectivity index (χ1n) is 11.4. The maximum absolute atomic E-state index is 15.0. The summed E-state index contributed by atoms with van der Waals surface area (Å²) in [5, 5.41) is 0. The highest BCUT2D eigenvalue weighted by atomic mass is 32.2.